The molecular weight excluding hydrogens is 242 g/mol. The number of aromatic carboxylic acids is 1. The van der Waals surface area contributed by atoms with Gasteiger partial charge < -0.3 is 9.52 Å². The van der Waals surface area contributed by atoms with Gasteiger partial charge in [0.2, 0.25) is 5.76 Å². The Kier molecular flexibility index (Phi) is 5.02. The molecule has 0 aromatic carbocycles. The van der Waals surface area contributed by atoms with Crippen molar-refractivity contribution in [1.82, 2.24) is 4.90 Å². The molecule has 0 saturated carbocycles. The minimum Gasteiger partial charge on any atom is -0.475 e. The maximum atomic E-state index is 10.8. The van der Waals surface area contributed by atoms with Crippen LogP contribution in [0.1, 0.15) is 41.6 Å². The number of nitrogens with zero attached hydrogens (tertiary/aromatic N) is 1. The summed E-state index contributed by atoms with van der Waals surface area (Å²) in [7, 11) is 0. The maximum absolute atomic E-state index is 10.8. The van der Waals surface area contributed by atoms with Gasteiger partial charge in [-0.05, 0) is 32.0 Å². The first-order valence-corrected chi connectivity index (χ1v) is 5.78. The lowest BCUT2D eigenvalue weighted by atomic mass is 10.2. The first kappa shape index (κ1) is 14.1. The number of carboxylic acids is 1. The molecule has 0 bridgehead atoms. The molecule has 1 aliphatic rings. The Morgan fingerprint density at radius 2 is 2.12 bits per heavy atom. The number of rotatable bonds is 4. The Morgan fingerprint density at radius 1 is 1.47 bits per heavy atom. The number of carbonyl (C=O) groups is 1. The highest BCUT2D eigenvalue weighted by atomic mass is 35.5. The minimum atomic E-state index is -0.984. The van der Waals surface area contributed by atoms with Gasteiger partial charge in [0.05, 0.1) is 0 Å². The molecule has 1 aromatic heterocycles. The molecule has 4 nitrogen and oxygen atoms in total. The Morgan fingerprint density at radius 3 is 2.65 bits per heavy atom. The van der Waals surface area contributed by atoms with Crippen molar-refractivity contribution in [3.05, 3.63) is 23.2 Å². The number of halogens is 1. The first-order valence-electron chi connectivity index (χ1n) is 5.78. The second-order valence-corrected chi connectivity index (χ2v) is 4.20. The fraction of sp³-hybridized carbons (Fsp3) is 0.583. The highest BCUT2D eigenvalue weighted by Gasteiger charge is 2.18. The second-order valence-electron chi connectivity index (χ2n) is 4.20. The summed E-state index contributed by atoms with van der Waals surface area (Å²) < 4.78 is 5.31. The molecule has 96 valence electrons. The lowest BCUT2D eigenvalue weighted by Gasteiger charge is -2.13. The van der Waals surface area contributed by atoms with Gasteiger partial charge in [-0.2, -0.15) is 0 Å². The van der Waals surface area contributed by atoms with E-state index in [1.807, 2.05) is 6.92 Å². The molecule has 0 amide bonds. The van der Waals surface area contributed by atoms with E-state index >= 15 is 0 Å². The summed E-state index contributed by atoms with van der Waals surface area (Å²) in [5.41, 5.74) is 1.03. The molecule has 1 saturated heterocycles. The molecule has 0 unspecified atom stereocenters. The minimum absolute atomic E-state index is 0. The van der Waals surface area contributed by atoms with Crippen LogP contribution in [0.3, 0.4) is 0 Å². The van der Waals surface area contributed by atoms with Crippen LogP contribution in [0, 0.1) is 0 Å². The zero-order chi connectivity index (χ0) is 11.5. The topological polar surface area (TPSA) is 53.7 Å². The van der Waals surface area contributed by atoms with Gasteiger partial charge in [-0.25, -0.2) is 4.79 Å². The Bertz CT molecular complexity index is 383. The summed E-state index contributed by atoms with van der Waals surface area (Å²) in [6, 6.07) is 1.67. The van der Waals surface area contributed by atoms with E-state index < -0.39 is 5.97 Å². The average molecular weight is 260 g/mol. The van der Waals surface area contributed by atoms with Crippen molar-refractivity contribution in [2.75, 3.05) is 13.1 Å². The molecule has 2 rings (SSSR count). The monoisotopic (exact) mass is 259 g/mol. The predicted molar refractivity (Wildman–Crippen MR) is 66.8 cm³/mol. The van der Waals surface area contributed by atoms with E-state index in [1.165, 1.54) is 12.8 Å². The predicted octanol–water partition coefficient (Wildman–Crippen LogP) is 2.56. The van der Waals surface area contributed by atoms with Gasteiger partial charge in [0.1, 0.15) is 5.76 Å². The molecule has 0 aliphatic carbocycles. The standard InChI is InChI=1S/C12H17NO3.ClH/c1-2-10-9(7-11(16-10)12(14)15)8-13-5-3-4-6-13;/h7H,2-6,8H2,1H3,(H,14,15);1H. The van der Waals surface area contributed by atoms with Gasteiger partial charge in [-0.3, -0.25) is 4.90 Å². The second kappa shape index (κ2) is 6.07. The number of aryl methyl sites for hydroxylation is 1. The molecule has 17 heavy (non-hydrogen) atoms. The van der Waals surface area contributed by atoms with E-state index in [1.54, 1.807) is 6.07 Å². The third kappa shape index (κ3) is 3.23. The van der Waals surface area contributed by atoms with Crippen LogP contribution in [0.2, 0.25) is 0 Å². The number of furan rings is 1. The average Bonchev–Trinajstić information content (AvgIpc) is 2.87. The van der Waals surface area contributed by atoms with Crippen LogP contribution in [-0.4, -0.2) is 29.1 Å². The van der Waals surface area contributed by atoms with Crippen LogP contribution in [0.4, 0.5) is 0 Å². The van der Waals surface area contributed by atoms with E-state index in [9.17, 15) is 4.79 Å². The maximum Gasteiger partial charge on any atom is 0.371 e. The van der Waals surface area contributed by atoms with Gasteiger partial charge in [-0.1, -0.05) is 6.92 Å². The molecule has 0 radical (unpaired) electrons. The van der Waals surface area contributed by atoms with Gasteiger partial charge in [-0.15, -0.1) is 12.4 Å². The highest BCUT2D eigenvalue weighted by molar-refractivity contribution is 5.85. The molecule has 1 aromatic rings. The zero-order valence-electron chi connectivity index (χ0n) is 9.94. The van der Waals surface area contributed by atoms with Crippen molar-refractivity contribution < 1.29 is 14.3 Å². The van der Waals surface area contributed by atoms with E-state index in [-0.39, 0.29) is 18.2 Å². The van der Waals surface area contributed by atoms with Crippen LogP contribution in [0.5, 0.6) is 0 Å². The number of hydrogen-bond donors (Lipinski definition) is 1. The smallest absolute Gasteiger partial charge is 0.371 e. The summed E-state index contributed by atoms with van der Waals surface area (Å²) in [4.78, 5) is 13.2. The molecule has 0 spiro atoms. The normalized spacial score (nSPS) is 15.8. The van der Waals surface area contributed by atoms with Crippen LogP contribution < -0.4 is 0 Å². The Balaban J connectivity index is 0.00000144. The van der Waals surface area contributed by atoms with Crippen molar-refractivity contribution >= 4 is 18.4 Å². The summed E-state index contributed by atoms with van der Waals surface area (Å²) in [5, 5.41) is 8.87. The van der Waals surface area contributed by atoms with Crippen molar-refractivity contribution in [1.29, 1.82) is 0 Å². The van der Waals surface area contributed by atoms with Crippen molar-refractivity contribution in [3.8, 4) is 0 Å². The number of carboxylic acid groups (broad SMARTS) is 1. The third-order valence-electron chi connectivity index (χ3n) is 3.02. The van der Waals surface area contributed by atoms with Crippen molar-refractivity contribution in [2.24, 2.45) is 0 Å². The molecule has 1 N–H and O–H groups in total. The zero-order valence-corrected chi connectivity index (χ0v) is 10.8. The van der Waals surface area contributed by atoms with Gasteiger partial charge >= 0.3 is 5.97 Å². The largest absolute Gasteiger partial charge is 0.475 e. The fourth-order valence-corrected chi connectivity index (χ4v) is 2.19. The Hall–Kier alpha value is -1.00. The summed E-state index contributed by atoms with van der Waals surface area (Å²) in [6.45, 7) is 5.02. The number of likely N-dealkylation sites (tertiary alicyclic amines) is 1. The fourth-order valence-electron chi connectivity index (χ4n) is 2.19. The molecule has 1 aliphatic heterocycles. The lowest BCUT2D eigenvalue weighted by molar-refractivity contribution is 0.0660. The highest BCUT2D eigenvalue weighted by Crippen LogP contribution is 2.20. The summed E-state index contributed by atoms with van der Waals surface area (Å²) >= 11 is 0. The van der Waals surface area contributed by atoms with Crippen LogP contribution in [0.15, 0.2) is 10.5 Å². The molecule has 2 heterocycles. The van der Waals surface area contributed by atoms with Gasteiger partial charge in [0, 0.05) is 18.5 Å². The molecule has 5 heteroatoms. The SMILES string of the molecule is CCc1oc(C(=O)O)cc1CN1CCCC1.Cl. The molecule has 0 atom stereocenters. The van der Waals surface area contributed by atoms with E-state index in [0.717, 1.165) is 37.4 Å². The third-order valence-corrected chi connectivity index (χ3v) is 3.02. The van der Waals surface area contributed by atoms with Crippen LogP contribution >= 0.6 is 12.4 Å². The van der Waals surface area contributed by atoms with E-state index in [2.05, 4.69) is 4.90 Å². The number of hydrogen-bond acceptors (Lipinski definition) is 3. The van der Waals surface area contributed by atoms with Gasteiger partial charge in [0.25, 0.3) is 0 Å². The van der Waals surface area contributed by atoms with Crippen LogP contribution in [-0.2, 0) is 13.0 Å². The van der Waals surface area contributed by atoms with E-state index in [0.29, 0.717) is 0 Å². The first-order chi connectivity index (χ1) is 7.70. The Labute approximate surface area is 107 Å². The summed E-state index contributed by atoms with van der Waals surface area (Å²) in [5.74, 6) is -0.113. The lowest BCUT2D eigenvalue weighted by Crippen LogP contribution is -2.18. The molecule has 1 fully saturated rings. The van der Waals surface area contributed by atoms with Crippen LogP contribution in [0.25, 0.3) is 0 Å². The molecular formula is C12H18ClNO3. The van der Waals surface area contributed by atoms with E-state index in [4.69, 9.17) is 9.52 Å². The van der Waals surface area contributed by atoms with Crippen molar-refractivity contribution in [2.45, 2.75) is 32.7 Å². The van der Waals surface area contributed by atoms with Crippen molar-refractivity contribution in [3.63, 3.8) is 0 Å². The van der Waals surface area contributed by atoms with Gasteiger partial charge in [0.15, 0.2) is 0 Å². The quantitative estimate of drug-likeness (QED) is 0.903. The summed E-state index contributed by atoms with van der Waals surface area (Å²) in [6.07, 6.45) is 3.23.